The van der Waals surface area contributed by atoms with Crippen LogP contribution in [0.2, 0.25) is 0 Å². The number of hydrogen-bond acceptors (Lipinski definition) is 4. The molecule has 0 spiro atoms. The summed E-state index contributed by atoms with van der Waals surface area (Å²) in [6.45, 7) is 1.80. The third kappa shape index (κ3) is 2.82. The predicted octanol–water partition coefficient (Wildman–Crippen LogP) is 3.70. The molecule has 0 bridgehead atoms. The van der Waals surface area contributed by atoms with Gasteiger partial charge in [0, 0.05) is 12.0 Å². The number of carbonyl (C=O) groups is 2. The van der Waals surface area contributed by atoms with Gasteiger partial charge in [0.05, 0.1) is 5.56 Å². The summed E-state index contributed by atoms with van der Waals surface area (Å²) in [6.07, 6.45) is 0.801. The number of aromatic hydroxyl groups is 2. The molecule has 0 aromatic heterocycles. The minimum absolute atomic E-state index is 0.0608. The van der Waals surface area contributed by atoms with Crippen molar-refractivity contribution in [2.45, 2.75) is 25.7 Å². The van der Waals surface area contributed by atoms with Crippen LogP contribution in [0, 0.1) is 6.92 Å². The molecule has 23 heavy (non-hydrogen) atoms. The molecule has 2 aromatic rings. The highest BCUT2D eigenvalue weighted by molar-refractivity contribution is 6.67. The van der Waals surface area contributed by atoms with E-state index in [4.69, 9.17) is 11.6 Å². The van der Waals surface area contributed by atoms with Crippen molar-refractivity contribution < 1.29 is 19.8 Å². The average molecular weight is 331 g/mol. The van der Waals surface area contributed by atoms with E-state index in [1.54, 1.807) is 25.1 Å². The molecule has 2 N–H and O–H groups in total. The number of halogens is 1. The van der Waals surface area contributed by atoms with E-state index in [-0.39, 0.29) is 40.7 Å². The highest BCUT2D eigenvalue weighted by Gasteiger charge is 2.29. The molecule has 0 radical (unpaired) electrons. The molecule has 4 nitrogen and oxygen atoms in total. The zero-order valence-corrected chi connectivity index (χ0v) is 13.2. The highest BCUT2D eigenvalue weighted by atomic mass is 35.5. The second-order valence-corrected chi connectivity index (χ2v) is 6.22. The molecule has 118 valence electrons. The Morgan fingerprint density at radius 3 is 2.52 bits per heavy atom. The second-order valence-electron chi connectivity index (χ2n) is 5.88. The van der Waals surface area contributed by atoms with Gasteiger partial charge >= 0.3 is 0 Å². The lowest BCUT2D eigenvalue weighted by Crippen LogP contribution is -2.19. The summed E-state index contributed by atoms with van der Waals surface area (Å²) >= 11 is 5.48. The number of ketones is 1. The number of carbonyl (C=O) groups excluding carboxylic acids is 2. The van der Waals surface area contributed by atoms with E-state index in [9.17, 15) is 19.8 Å². The van der Waals surface area contributed by atoms with E-state index in [1.807, 2.05) is 6.07 Å². The summed E-state index contributed by atoms with van der Waals surface area (Å²) in [5.74, 6) is -0.205. The second kappa shape index (κ2) is 5.70. The van der Waals surface area contributed by atoms with Crippen LogP contribution in [-0.4, -0.2) is 21.2 Å². The molecule has 2 aromatic carbocycles. The molecule has 1 aliphatic carbocycles. The van der Waals surface area contributed by atoms with Gasteiger partial charge in [-0.1, -0.05) is 12.1 Å². The first-order valence-corrected chi connectivity index (χ1v) is 7.63. The summed E-state index contributed by atoms with van der Waals surface area (Å²) < 4.78 is 0. The molecule has 0 saturated carbocycles. The standard InChI is InChI=1S/C18H15ClO4/c1-9-4-10(2-3-14(9)20)11-5-12-6-13(18(19)23)8-16(22)17(12)15(21)7-11/h2-4,6,8,11,20,22H,5,7H2,1H3. The Balaban J connectivity index is 2.03. The van der Waals surface area contributed by atoms with Crippen molar-refractivity contribution in [1.29, 1.82) is 0 Å². The number of fused-ring (bicyclic) bond motifs is 1. The minimum Gasteiger partial charge on any atom is -0.508 e. The third-order valence-corrected chi connectivity index (χ3v) is 4.51. The number of phenols is 2. The van der Waals surface area contributed by atoms with E-state index < -0.39 is 5.24 Å². The van der Waals surface area contributed by atoms with Crippen molar-refractivity contribution in [2.75, 3.05) is 0 Å². The molecule has 1 atom stereocenters. The quantitative estimate of drug-likeness (QED) is 0.823. The average Bonchev–Trinajstić information content (AvgIpc) is 2.49. The monoisotopic (exact) mass is 330 g/mol. The Bertz CT molecular complexity index is 826. The van der Waals surface area contributed by atoms with Gasteiger partial charge in [-0.3, -0.25) is 9.59 Å². The Kier molecular flexibility index (Phi) is 3.86. The summed E-state index contributed by atoms with van der Waals surface area (Å²) in [7, 11) is 0. The van der Waals surface area contributed by atoms with Crippen LogP contribution in [0.5, 0.6) is 11.5 Å². The predicted molar refractivity (Wildman–Crippen MR) is 86.5 cm³/mol. The fraction of sp³-hybridized carbons (Fsp3) is 0.222. The fourth-order valence-electron chi connectivity index (χ4n) is 3.11. The number of phenolic OH excluding ortho intramolecular Hbond substituents is 2. The largest absolute Gasteiger partial charge is 0.508 e. The van der Waals surface area contributed by atoms with Crippen molar-refractivity contribution in [3.63, 3.8) is 0 Å². The zero-order chi connectivity index (χ0) is 16.7. The Morgan fingerprint density at radius 1 is 1.13 bits per heavy atom. The van der Waals surface area contributed by atoms with E-state index >= 15 is 0 Å². The van der Waals surface area contributed by atoms with Crippen molar-refractivity contribution in [1.82, 2.24) is 0 Å². The van der Waals surface area contributed by atoms with Gasteiger partial charge in [0.1, 0.15) is 11.5 Å². The van der Waals surface area contributed by atoms with Gasteiger partial charge in [0.25, 0.3) is 5.24 Å². The highest BCUT2D eigenvalue weighted by Crippen LogP contribution is 2.38. The summed E-state index contributed by atoms with van der Waals surface area (Å²) in [5.41, 5.74) is 2.77. The third-order valence-electron chi connectivity index (χ3n) is 4.30. The van der Waals surface area contributed by atoms with Crippen LogP contribution >= 0.6 is 11.6 Å². The number of Topliss-reactive ketones (excluding diaryl/α,β-unsaturated/α-hetero) is 1. The molecule has 0 saturated heterocycles. The van der Waals surface area contributed by atoms with Crippen LogP contribution in [0.15, 0.2) is 30.3 Å². The molecule has 1 aliphatic rings. The lowest BCUT2D eigenvalue weighted by Gasteiger charge is -2.25. The summed E-state index contributed by atoms with van der Waals surface area (Å²) in [5, 5.41) is 19.0. The van der Waals surface area contributed by atoms with Gasteiger partial charge < -0.3 is 10.2 Å². The molecule has 1 unspecified atom stereocenters. The maximum atomic E-state index is 12.4. The van der Waals surface area contributed by atoms with Gasteiger partial charge in [-0.15, -0.1) is 0 Å². The lowest BCUT2D eigenvalue weighted by molar-refractivity contribution is 0.0959. The van der Waals surface area contributed by atoms with Crippen LogP contribution in [-0.2, 0) is 6.42 Å². The molecule has 0 heterocycles. The van der Waals surface area contributed by atoms with Crippen LogP contribution in [0.3, 0.4) is 0 Å². The topological polar surface area (TPSA) is 74.6 Å². The van der Waals surface area contributed by atoms with Gasteiger partial charge in [-0.25, -0.2) is 0 Å². The van der Waals surface area contributed by atoms with Crippen LogP contribution in [0.4, 0.5) is 0 Å². The molecule has 5 heteroatoms. The van der Waals surface area contributed by atoms with E-state index in [1.165, 1.54) is 6.07 Å². The van der Waals surface area contributed by atoms with Crippen LogP contribution in [0.25, 0.3) is 0 Å². The van der Waals surface area contributed by atoms with E-state index in [2.05, 4.69) is 0 Å². The molecular formula is C18H15ClO4. The lowest BCUT2D eigenvalue weighted by atomic mass is 9.78. The van der Waals surface area contributed by atoms with Crippen molar-refractivity contribution in [3.8, 4) is 11.5 Å². The van der Waals surface area contributed by atoms with Crippen molar-refractivity contribution >= 4 is 22.6 Å². The summed E-state index contributed by atoms with van der Waals surface area (Å²) in [6, 6.07) is 8.07. The van der Waals surface area contributed by atoms with Crippen molar-refractivity contribution in [3.05, 3.63) is 58.1 Å². The molecule has 0 aliphatic heterocycles. The first kappa shape index (κ1) is 15.6. The first-order valence-electron chi connectivity index (χ1n) is 7.25. The zero-order valence-electron chi connectivity index (χ0n) is 12.5. The Hall–Kier alpha value is -2.33. The Morgan fingerprint density at radius 2 is 1.87 bits per heavy atom. The molecule has 0 amide bonds. The first-order chi connectivity index (χ1) is 10.9. The minimum atomic E-state index is -0.668. The van der Waals surface area contributed by atoms with Gasteiger partial charge in [-0.2, -0.15) is 0 Å². The fourth-order valence-corrected chi connectivity index (χ4v) is 3.22. The van der Waals surface area contributed by atoms with Gasteiger partial charge in [-0.05, 0) is 65.8 Å². The molecular weight excluding hydrogens is 316 g/mol. The van der Waals surface area contributed by atoms with Crippen LogP contribution in [0.1, 0.15) is 49.7 Å². The number of hydrogen-bond donors (Lipinski definition) is 2. The van der Waals surface area contributed by atoms with Crippen molar-refractivity contribution in [2.24, 2.45) is 0 Å². The maximum Gasteiger partial charge on any atom is 0.252 e. The number of benzene rings is 2. The number of aryl methyl sites for hydroxylation is 1. The molecule has 0 fully saturated rings. The van der Waals surface area contributed by atoms with Gasteiger partial charge in [0.2, 0.25) is 0 Å². The van der Waals surface area contributed by atoms with E-state index in [0.717, 1.165) is 11.1 Å². The SMILES string of the molecule is Cc1cc(C2CC(=O)c3c(O)cc(C(=O)Cl)cc3C2)ccc1O. The normalized spacial score (nSPS) is 17.0. The summed E-state index contributed by atoms with van der Waals surface area (Å²) in [4.78, 5) is 23.7. The smallest absolute Gasteiger partial charge is 0.252 e. The maximum absolute atomic E-state index is 12.4. The van der Waals surface area contributed by atoms with Crippen LogP contribution < -0.4 is 0 Å². The molecule has 3 rings (SSSR count). The van der Waals surface area contributed by atoms with Gasteiger partial charge in [0.15, 0.2) is 5.78 Å². The number of rotatable bonds is 2. The van der Waals surface area contributed by atoms with E-state index in [0.29, 0.717) is 12.0 Å². The Labute approximate surface area is 138 Å².